The third-order valence-corrected chi connectivity index (χ3v) is 7.35. The third kappa shape index (κ3) is 6.36. The van der Waals surface area contributed by atoms with Crippen molar-refractivity contribution in [3.05, 3.63) is 130 Å². The van der Waals surface area contributed by atoms with Crippen molar-refractivity contribution in [3.63, 3.8) is 0 Å². The number of aromatic nitrogens is 4. The first kappa shape index (κ1) is 27.0. The lowest BCUT2D eigenvalue weighted by atomic mass is 9.90. The summed E-state index contributed by atoms with van der Waals surface area (Å²) in [6.45, 7) is 2.78. The van der Waals surface area contributed by atoms with E-state index in [4.69, 9.17) is 9.97 Å². The molecule has 5 aromatic rings. The number of nitrogens with one attached hydrogen (secondary N) is 2. The van der Waals surface area contributed by atoms with Crippen molar-refractivity contribution in [1.82, 2.24) is 25.2 Å². The van der Waals surface area contributed by atoms with Crippen molar-refractivity contribution in [2.45, 2.75) is 51.5 Å². The molecule has 0 aliphatic heterocycles. The summed E-state index contributed by atoms with van der Waals surface area (Å²) in [4.78, 5) is 15.7. The Hall–Kier alpha value is -3.59. The van der Waals surface area contributed by atoms with E-state index >= 15 is 0 Å². The second-order valence-corrected chi connectivity index (χ2v) is 10.00. The monoisotopic (exact) mass is 584 g/mol. The van der Waals surface area contributed by atoms with Crippen molar-refractivity contribution in [2.24, 2.45) is 0 Å². The predicted molar refractivity (Wildman–Crippen MR) is 158 cm³/mol. The SMILES string of the molecule is Br.[O-][n+]1ccccc1CNCc1ccc(CN(Cc2nc3ccccc3[nH]2)C2CCCc3cccnc32)cc1. The van der Waals surface area contributed by atoms with Gasteiger partial charge < -0.3 is 15.5 Å². The van der Waals surface area contributed by atoms with Gasteiger partial charge in [-0.05, 0) is 60.2 Å². The van der Waals surface area contributed by atoms with Gasteiger partial charge in [0.2, 0.25) is 5.69 Å². The molecule has 7 nitrogen and oxygen atoms in total. The van der Waals surface area contributed by atoms with Gasteiger partial charge in [0.1, 0.15) is 5.82 Å². The zero-order valence-corrected chi connectivity index (χ0v) is 23.5. The number of para-hydroxylation sites is 2. The van der Waals surface area contributed by atoms with Crippen molar-refractivity contribution in [2.75, 3.05) is 0 Å². The summed E-state index contributed by atoms with van der Waals surface area (Å²) in [6, 6.07) is 27.0. The van der Waals surface area contributed by atoms with Crippen LogP contribution in [0.5, 0.6) is 0 Å². The Morgan fingerprint density at radius 3 is 2.59 bits per heavy atom. The molecule has 0 radical (unpaired) electrons. The molecule has 0 bridgehead atoms. The number of aryl methyl sites for hydroxylation is 1. The lowest BCUT2D eigenvalue weighted by Crippen LogP contribution is -2.33. The van der Waals surface area contributed by atoms with E-state index in [9.17, 15) is 5.21 Å². The van der Waals surface area contributed by atoms with Gasteiger partial charge in [0.25, 0.3) is 0 Å². The molecule has 3 heterocycles. The zero-order valence-electron chi connectivity index (χ0n) is 21.8. The van der Waals surface area contributed by atoms with Gasteiger partial charge >= 0.3 is 0 Å². The van der Waals surface area contributed by atoms with Crippen LogP contribution in [0.25, 0.3) is 11.0 Å². The van der Waals surface area contributed by atoms with E-state index in [1.807, 2.05) is 36.5 Å². The number of fused-ring (bicyclic) bond motifs is 2. The van der Waals surface area contributed by atoms with E-state index in [2.05, 4.69) is 57.7 Å². The van der Waals surface area contributed by atoms with Crippen LogP contribution in [-0.2, 0) is 32.6 Å². The molecular formula is C31H33BrN6O. The van der Waals surface area contributed by atoms with Gasteiger partial charge in [0.05, 0.1) is 35.9 Å². The first-order valence-electron chi connectivity index (χ1n) is 13.3. The maximum Gasteiger partial charge on any atom is 0.206 e. The fourth-order valence-electron chi connectivity index (χ4n) is 5.42. The summed E-state index contributed by atoms with van der Waals surface area (Å²) in [6.07, 6.45) is 6.79. The van der Waals surface area contributed by atoms with Crippen LogP contribution in [-0.4, -0.2) is 19.9 Å². The van der Waals surface area contributed by atoms with Gasteiger partial charge in [-0.25, -0.2) is 4.98 Å². The van der Waals surface area contributed by atoms with E-state index in [0.29, 0.717) is 18.8 Å². The average molecular weight is 586 g/mol. The Labute approximate surface area is 239 Å². The van der Waals surface area contributed by atoms with E-state index in [0.717, 1.165) is 53.9 Å². The molecule has 1 aliphatic carbocycles. The molecule has 39 heavy (non-hydrogen) atoms. The molecule has 6 rings (SSSR count). The molecule has 1 aliphatic rings. The van der Waals surface area contributed by atoms with E-state index < -0.39 is 0 Å². The van der Waals surface area contributed by atoms with Gasteiger partial charge in [0, 0.05) is 31.4 Å². The van der Waals surface area contributed by atoms with Crippen LogP contribution in [0.4, 0.5) is 0 Å². The van der Waals surface area contributed by atoms with Crippen molar-refractivity contribution >= 4 is 28.0 Å². The van der Waals surface area contributed by atoms with E-state index in [1.165, 1.54) is 28.6 Å². The lowest BCUT2D eigenvalue weighted by molar-refractivity contribution is -0.614. The van der Waals surface area contributed by atoms with Crippen LogP contribution in [0.3, 0.4) is 0 Å². The Bertz CT molecular complexity index is 1490. The summed E-state index contributed by atoms with van der Waals surface area (Å²) in [5, 5.41) is 15.2. The fourth-order valence-corrected chi connectivity index (χ4v) is 5.42. The smallest absolute Gasteiger partial charge is 0.206 e. The molecule has 1 atom stereocenters. The number of benzene rings is 2. The minimum Gasteiger partial charge on any atom is -0.618 e. The molecule has 1 unspecified atom stereocenters. The highest BCUT2D eigenvalue weighted by Crippen LogP contribution is 2.34. The van der Waals surface area contributed by atoms with Crippen LogP contribution in [0, 0.1) is 5.21 Å². The molecule has 0 saturated carbocycles. The minimum atomic E-state index is 0. The molecule has 2 N–H and O–H groups in total. The van der Waals surface area contributed by atoms with Gasteiger partial charge in [-0.3, -0.25) is 9.88 Å². The number of rotatable bonds is 9. The van der Waals surface area contributed by atoms with Gasteiger partial charge in [-0.2, -0.15) is 4.73 Å². The van der Waals surface area contributed by atoms with E-state index in [-0.39, 0.29) is 23.0 Å². The molecule has 0 saturated heterocycles. The number of nitrogens with zero attached hydrogens (tertiary/aromatic N) is 4. The van der Waals surface area contributed by atoms with Crippen LogP contribution in [0.1, 0.15) is 52.8 Å². The van der Waals surface area contributed by atoms with Gasteiger partial charge in [-0.1, -0.05) is 42.5 Å². The Morgan fingerprint density at radius 2 is 1.74 bits per heavy atom. The van der Waals surface area contributed by atoms with Crippen LogP contribution in [0.15, 0.2) is 91.3 Å². The average Bonchev–Trinajstić information content (AvgIpc) is 3.37. The zero-order chi connectivity index (χ0) is 25.7. The van der Waals surface area contributed by atoms with Gasteiger partial charge in [-0.15, -0.1) is 17.0 Å². The van der Waals surface area contributed by atoms with Crippen molar-refractivity contribution < 1.29 is 4.73 Å². The molecule has 0 spiro atoms. The summed E-state index contributed by atoms with van der Waals surface area (Å²) >= 11 is 0. The first-order valence-corrected chi connectivity index (χ1v) is 13.3. The summed E-state index contributed by atoms with van der Waals surface area (Å²) in [7, 11) is 0. The summed E-state index contributed by atoms with van der Waals surface area (Å²) in [5.74, 6) is 0.978. The Balaban J connectivity index is 0.00000308. The molecular weight excluding hydrogens is 552 g/mol. The highest BCUT2D eigenvalue weighted by atomic mass is 79.9. The Morgan fingerprint density at radius 1 is 0.923 bits per heavy atom. The molecule has 3 aromatic heterocycles. The standard InChI is InChI=1S/C31H32N6O.BrH/c38-37-18-4-3-9-26(37)20-32-19-23-13-15-24(16-14-23)21-36(22-30-34-27-10-1-2-11-28(27)35-30)29-12-5-7-25-8-6-17-33-31(25)29;/h1-4,6,8-11,13-18,29,32H,5,7,12,19-22H2,(H,34,35);1H. The molecule has 2 aromatic carbocycles. The van der Waals surface area contributed by atoms with Crippen LogP contribution in [0.2, 0.25) is 0 Å². The summed E-state index contributed by atoms with van der Waals surface area (Å²) in [5.41, 5.74) is 7.79. The Kier molecular flexibility index (Phi) is 8.66. The summed E-state index contributed by atoms with van der Waals surface area (Å²) < 4.78 is 0.908. The van der Waals surface area contributed by atoms with E-state index in [1.54, 1.807) is 6.07 Å². The number of halogens is 1. The molecule has 0 amide bonds. The lowest BCUT2D eigenvalue weighted by Gasteiger charge is -2.34. The maximum absolute atomic E-state index is 11.9. The number of H-pyrrole nitrogens is 1. The molecule has 200 valence electrons. The maximum atomic E-state index is 11.9. The number of pyridine rings is 2. The quantitative estimate of drug-likeness (QED) is 0.175. The van der Waals surface area contributed by atoms with Crippen LogP contribution < -0.4 is 10.0 Å². The topological polar surface area (TPSA) is 83.8 Å². The number of hydrogen-bond acceptors (Lipinski definition) is 5. The second kappa shape index (κ2) is 12.5. The first-order chi connectivity index (χ1) is 18.7. The predicted octanol–water partition coefficient (Wildman–Crippen LogP) is 5.54. The molecule has 0 fully saturated rings. The largest absolute Gasteiger partial charge is 0.618 e. The van der Waals surface area contributed by atoms with Crippen molar-refractivity contribution in [3.8, 4) is 0 Å². The normalized spacial score (nSPS) is 14.7. The molecule has 8 heteroatoms. The third-order valence-electron chi connectivity index (χ3n) is 7.35. The second-order valence-electron chi connectivity index (χ2n) is 10.00. The number of imidazole rings is 1. The highest BCUT2D eigenvalue weighted by Gasteiger charge is 2.28. The number of aromatic amines is 1. The number of hydrogen-bond donors (Lipinski definition) is 2. The van der Waals surface area contributed by atoms with Gasteiger partial charge in [0.15, 0.2) is 6.20 Å². The van der Waals surface area contributed by atoms with Crippen LogP contribution >= 0.6 is 17.0 Å². The minimum absolute atomic E-state index is 0. The van der Waals surface area contributed by atoms with Crippen molar-refractivity contribution in [1.29, 1.82) is 0 Å². The highest BCUT2D eigenvalue weighted by molar-refractivity contribution is 8.93. The fraction of sp³-hybridized carbons (Fsp3) is 0.258.